The maximum absolute atomic E-state index is 9.38. The molecule has 0 saturated carbocycles. The van der Waals surface area contributed by atoms with Crippen molar-refractivity contribution in [2.75, 3.05) is 73.9 Å². The van der Waals surface area contributed by atoms with E-state index in [1.807, 2.05) is 104 Å². The van der Waals surface area contributed by atoms with E-state index in [-0.39, 0.29) is 26.4 Å². The minimum Gasteiger partial charge on any atom is -0.395 e. The molecule has 0 unspecified atom stereocenters. The summed E-state index contributed by atoms with van der Waals surface area (Å²) >= 11 is 0. The van der Waals surface area contributed by atoms with Gasteiger partial charge >= 0.3 is 0 Å². The number of para-hydroxylation sites is 2. The second-order valence-corrected chi connectivity index (χ2v) is 20.0. The Morgan fingerprint density at radius 1 is 0.444 bits per heavy atom. The molecule has 0 aliphatic carbocycles. The molecule has 0 saturated heterocycles. The van der Waals surface area contributed by atoms with Gasteiger partial charge in [0.15, 0.2) is 25.5 Å². The Kier molecular flexibility index (Phi) is 19.7. The van der Waals surface area contributed by atoms with Crippen LogP contribution in [-0.2, 0) is 39.3 Å². The number of pyridine rings is 2. The average Bonchev–Trinajstić information content (AvgIpc) is 4.08. The molecule has 8 rings (SSSR count). The lowest BCUT2D eigenvalue weighted by molar-refractivity contribution is -0.717. The van der Waals surface area contributed by atoms with Crippen molar-refractivity contribution in [1.82, 2.24) is 9.13 Å². The third-order valence-corrected chi connectivity index (χ3v) is 14.7. The molecule has 4 aromatic heterocycles. The number of imidazole rings is 2. The molecule has 4 N–H and O–H groups in total. The zero-order chi connectivity index (χ0) is 49.7. The monoisotopic (exact) mass is 1010 g/mol. The van der Waals surface area contributed by atoms with Gasteiger partial charge in [0.2, 0.25) is 23.7 Å². The SMILES string of the molecule is OCCN(CCO)c1ccc(/N=N/c2cc[n+](CCC[n+]3ccn(CCSSCCn4cc[n+](CCC[n+]5ccc(/N=N/c6ccc(N(CCO)CCO)cc6)c6ccccc65)c4)c3)c3ccccc23)cc1. The molecule has 0 spiro atoms. The Bertz CT molecular complexity index is 2770. The van der Waals surface area contributed by atoms with E-state index in [0.29, 0.717) is 26.2 Å². The van der Waals surface area contributed by atoms with Crippen molar-refractivity contribution < 1.29 is 38.7 Å². The highest BCUT2D eigenvalue weighted by Gasteiger charge is 2.16. The molecule has 0 fully saturated rings. The topological polar surface area (TPSA) is 162 Å². The fourth-order valence-corrected chi connectivity index (χ4v) is 10.6. The van der Waals surface area contributed by atoms with Crippen LogP contribution in [-0.4, -0.2) is 93.7 Å². The first-order valence-corrected chi connectivity index (χ1v) is 27.1. The molecule has 0 radical (unpaired) electrons. The number of aryl methyl sites for hydroxylation is 6. The number of aliphatic hydroxyl groups excluding tert-OH is 4. The standard InChI is InChI=1S/C54H66N12O4S2/c67-37-31-63(32-38-68)47-15-11-45(12-16-47)55-57-51-19-25-65(53-9-3-1-7-49(51)53)23-5-21-59-27-29-61(43-59)35-41-71-72-42-36-62-30-28-60(44-62)22-6-24-66-26-20-52(50-8-2-4-10-54(50)66)58-56-46-13-17-48(18-14-46)64(33-39-69)34-40-70/h1-4,7-20,25-30,43-44,67-70H,5-6,21-24,31-42H2/q+4. The first kappa shape index (κ1) is 51.8. The lowest BCUT2D eigenvalue weighted by Gasteiger charge is -2.22. The van der Waals surface area contributed by atoms with Crippen LogP contribution < -0.4 is 28.1 Å². The summed E-state index contributed by atoms with van der Waals surface area (Å²) in [5.41, 5.74) is 7.18. The van der Waals surface area contributed by atoms with E-state index >= 15 is 0 Å². The summed E-state index contributed by atoms with van der Waals surface area (Å²) < 4.78 is 13.7. The number of fused-ring (bicyclic) bond motifs is 2. The molecule has 16 nitrogen and oxygen atoms in total. The zero-order valence-corrected chi connectivity index (χ0v) is 42.3. The molecule has 0 aliphatic heterocycles. The van der Waals surface area contributed by atoms with Crippen LogP contribution in [0.2, 0.25) is 0 Å². The third kappa shape index (κ3) is 14.5. The molecular formula is C54H66N12O4S2+4. The lowest BCUT2D eigenvalue weighted by atomic mass is 10.2. The van der Waals surface area contributed by atoms with Crippen LogP contribution in [0.4, 0.5) is 34.1 Å². The number of hydrogen-bond donors (Lipinski definition) is 4. The maximum atomic E-state index is 9.38. The van der Waals surface area contributed by atoms with E-state index in [0.717, 1.165) is 120 Å². The van der Waals surface area contributed by atoms with Crippen molar-refractivity contribution in [3.63, 3.8) is 0 Å². The normalized spacial score (nSPS) is 11.8. The predicted octanol–water partition coefficient (Wildman–Crippen LogP) is 7.42. The van der Waals surface area contributed by atoms with Gasteiger partial charge in [-0.3, -0.25) is 0 Å². The van der Waals surface area contributed by atoms with Crippen LogP contribution in [0.1, 0.15) is 12.8 Å². The van der Waals surface area contributed by atoms with Crippen LogP contribution in [0.5, 0.6) is 0 Å². The van der Waals surface area contributed by atoms with E-state index in [9.17, 15) is 20.4 Å². The minimum absolute atomic E-state index is 0.0200. The number of nitrogens with zero attached hydrogens (tertiary/aromatic N) is 12. The van der Waals surface area contributed by atoms with Crippen molar-refractivity contribution in [3.05, 3.63) is 159 Å². The Hall–Kier alpha value is -6.54. The van der Waals surface area contributed by atoms with Gasteiger partial charge in [-0.05, 0) is 60.7 Å². The highest BCUT2D eigenvalue weighted by Crippen LogP contribution is 2.29. The Labute approximate surface area is 428 Å². The highest BCUT2D eigenvalue weighted by atomic mass is 33.1. The maximum Gasteiger partial charge on any atom is 0.243 e. The number of hydrogen-bond acceptors (Lipinski definition) is 12. The molecular weight excluding hydrogens is 945 g/mol. The molecule has 72 heavy (non-hydrogen) atoms. The largest absolute Gasteiger partial charge is 0.395 e. The Balaban J connectivity index is 0.726. The summed E-state index contributed by atoms with van der Waals surface area (Å²) in [6.07, 6.45) is 19.3. The summed E-state index contributed by atoms with van der Waals surface area (Å²) in [7, 11) is 3.86. The van der Waals surface area contributed by atoms with Crippen LogP contribution >= 0.6 is 21.6 Å². The van der Waals surface area contributed by atoms with E-state index < -0.39 is 0 Å². The van der Waals surface area contributed by atoms with Crippen molar-refractivity contribution in [1.29, 1.82) is 0 Å². The van der Waals surface area contributed by atoms with Gasteiger partial charge in [0.05, 0.1) is 74.8 Å². The molecule has 18 heteroatoms. The van der Waals surface area contributed by atoms with E-state index in [4.69, 9.17) is 0 Å². The predicted molar refractivity (Wildman–Crippen MR) is 286 cm³/mol. The van der Waals surface area contributed by atoms with Gasteiger partial charge in [-0.2, -0.15) is 19.4 Å². The number of azo groups is 2. The van der Waals surface area contributed by atoms with E-state index in [1.165, 1.54) is 0 Å². The fourth-order valence-electron chi connectivity index (χ4n) is 8.67. The lowest BCUT2D eigenvalue weighted by Crippen LogP contribution is -2.38. The summed E-state index contributed by atoms with van der Waals surface area (Å²) in [5, 5.41) is 57.9. The molecule has 4 heterocycles. The molecule has 374 valence electrons. The van der Waals surface area contributed by atoms with Crippen LogP contribution in [0, 0.1) is 0 Å². The smallest absolute Gasteiger partial charge is 0.243 e. The molecule has 0 aliphatic rings. The minimum atomic E-state index is 0.0200. The summed E-state index contributed by atoms with van der Waals surface area (Å²) in [6.45, 7) is 7.45. The first-order valence-electron chi connectivity index (χ1n) is 24.7. The highest BCUT2D eigenvalue weighted by molar-refractivity contribution is 8.76. The van der Waals surface area contributed by atoms with Gasteiger partial charge in [-0.15, -0.1) is 10.2 Å². The number of rotatable bonds is 29. The number of aliphatic hydroxyl groups is 4. The number of anilines is 2. The Morgan fingerprint density at radius 3 is 1.25 bits per heavy atom. The van der Waals surface area contributed by atoms with Crippen molar-refractivity contribution in [2.45, 2.75) is 52.1 Å². The van der Waals surface area contributed by atoms with E-state index in [2.05, 4.69) is 134 Å². The molecule has 0 atom stereocenters. The van der Waals surface area contributed by atoms with Crippen LogP contribution in [0.15, 0.2) is 179 Å². The van der Waals surface area contributed by atoms with Crippen LogP contribution in [0.3, 0.4) is 0 Å². The van der Waals surface area contributed by atoms with Gasteiger partial charge < -0.3 is 30.2 Å². The van der Waals surface area contributed by atoms with Crippen molar-refractivity contribution in [2.24, 2.45) is 20.5 Å². The summed E-state index contributed by atoms with van der Waals surface area (Å²) in [4.78, 5) is 3.87. The second-order valence-electron chi connectivity index (χ2n) is 17.3. The van der Waals surface area contributed by atoms with Crippen molar-refractivity contribution in [3.8, 4) is 0 Å². The second kappa shape index (κ2) is 27.3. The number of benzene rings is 4. The Morgan fingerprint density at radius 2 is 0.847 bits per heavy atom. The van der Waals surface area contributed by atoms with Gasteiger partial charge in [0.1, 0.15) is 36.2 Å². The fraction of sp³-hybridized carbons (Fsp3) is 0.333. The van der Waals surface area contributed by atoms with Crippen LogP contribution in [0.25, 0.3) is 21.8 Å². The first-order chi connectivity index (χ1) is 35.5. The zero-order valence-electron chi connectivity index (χ0n) is 40.7. The summed E-state index contributed by atoms with van der Waals surface area (Å²) in [6, 6.07) is 36.1. The third-order valence-electron chi connectivity index (χ3n) is 12.3. The quantitative estimate of drug-likeness (QED) is 0.0163. The molecule has 0 amide bonds. The van der Waals surface area contributed by atoms with Gasteiger partial charge in [0.25, 0.3) is 0 Å². The molecule has 0 bridgehead atoms. The summed E-state index contributed by atoms with van der Waals surface area (Å²) in [5.74, 6) is 2.08. The number of aromatic nitrogens is 6. The molecule has 8 aromatic rings. The van der Waals surface area contributed by atoms with Gasteiger partial charge in [-0.25, -0.2) is 18.3 Å². The molecule has 4 aromatic carbocycles. The van der Waals surface area contributed by atoms with Crippen molar-refractivity contribution >= 4 is 77.5 Å². The van der Waals surface area contributed by atoms with Gasteiger partial charge in [0, 0.05) is 86.2 Å². The van der Waals surface area contributed by atoms with E-state index in [1.54, 1.807) is 0 Å². The average molecular weight is 1010 g/mol. The van der Waals surface area contributed by atoms with Gasteiger partial charge in [-0.1, -0.05) is 45.9 Å².